The third-order valence-corrected chi connectivity index (χ3v) is 3.32. The van der Waals surface area contributed by atoms with Gasteiger partial charge in [0.15, 0.2) is 0 Å². The van der Waals surface area contributed by atoms with Crippen LogP contribution in [0, 0.1) is 0 Å². The Morgan fingerprint density at radius 3 is 3.18 bits per heavy atom. The third kappa shape index (κ3) is 3.37. The largest absolute Gasteiger partial charge is 0.379 e. The van der Waals surface area contributed by atoms with E-state index in [9.17, 15) is 4.79 Å². The van der Waals surface area contributed by atoms with Gasteiger partial charge in [-0.1, -0.05) is 11.3 Å². The number of hydrogen-bond acceptors (Lipinski definition) is 6. The first-order chi connectivity index (χ1) is 8.29. The summed E-state index contributed by atoms with van der Waals surface area (Å²) in [5.41, 5.74) is 0. The van der Waals surface area contributed by atoms with E-state index in [0.29, 0.717) is 16.7 Å². The van der Waals surface area contributed by atoms with Gasteiger partial charge in [-0.05, 0) is 19.8 Å². The lowest BCUT2D eigenvalue weighted by molar-refractivity contribution is 0.0623. The van der Waals surface area contributed by atoms with Crippen molar-refractivity contribution in [1.82, 2.24) is 15.5 Å². The lowest BCUT2D eigenvalue weighted by Crippen LogP contribution is -2.40. The van der Waals surface area contributed by atoms with Crippen molar-refractivity contribution in [2.75, 3.05) is 25.1 Å². The van der Waals surface area contributed by atoms with Gasteiger partial charge >= 0.3 is 0 Å². The summed E-state index contributed by atoms with van der Waals surface area (Å²) in [6, 6.07) is 0.0998. The summed E-state index contributed by atoms with van der Waals surface area (Å²) in [5, 5.41) is 14.7. The Morgan fingerprint density at radius 2 is 2.47 bits per heavy atom. The Hall–Kier alpha value is -1.21. The number of nitrogens with one attached hydrogen (secondary N) is 2. The summed E-state index contributed by atoms with van der Waals surface area (Å²) in [4.78, 5) is 11.8. The lowest BCUT2D eigenvalue weighted by Gasteiger charge is -2.22. The smallest absolute Gasteiger partial charge is 0.282 e. The fraction of sp³-hybridized carbons (Fsp3) is 0.700. The first-order valence-electron chi connectivity index (χ1n) is 5.75. The average Bonchev–Trinajstić information content (AvgIpc) is 2.79. The molecule has 0 radical (unpaired) electrons. The van der Waals surface area contributed by atoms with Crippen LogP contribution in [0.25, 0.3) is 0 Å². The minimum atomic E-state index is -0.165. The first-order valence-corrected chi connectivity index (χ1v) is 6.57. The number of amides is 1. The van der Waals surface area contributed by atoms with Crippen molar-refractivity contribution in [3.8, 4) is 0 Å². The molecular formula is C10H16N4O2S. The molecule has 0 aliphatic carbocycles. The van der Waals surface area contributed by atoms with E-state index in [1.54, 1.807) is 0 Å². The molecule has 1 aliphatic heterocycles. The molecule has 0 bridgehead atoms. The number of rotatable bonds is 4. The molecule has 1 fully saturated rings. The minimum absolute atomic E-state index is 0.0998. The van der Waals surface area contributed by atoms with E-state index in [1.165, 1.54) is 11.3 Å². The number of hydrogen-bond donors (Lipinski definition) is 2. The highest BCUT2D eigenvalue weighted by Crippen LogP contribution is 2.15. The fourth-order valence-electron chi connectivity index (χ4n) is 1.64. The molecule has 1 atom stereocenters. The molecule has 2 N–H and O–H groups in total. The van der Waals surface area contributed by atoms with E-state index < -0.39 is 0 Å². The van der Waals surface area contributed by atoms with Crippen LogP contribution in [-0.4, -0.2) is 41.9 Å². The fourth-order valence-corrected chi connectivity index (χ4v) is 2.35. The first kappa shape index (κ1) is 12.3. The summed E-state index contributed by atoms with van der Waals surface area (Å²) in [6.07, 6.45) is 1.95. The normalized spacial score (nSPS) is 19.9. The van der Waals surface area contributed by atoms with Crippen LogP contribution < -0.4 is 10.6 Å². The molecule has 17 heavy (non-hydrogen) atoms. The number of ether oxygens (including phenoxy) is 1. The molecule has 1 saturated heterocycles. The highest BCUT2D eigenvalue weighted by Gasteiger charge is 2.19. The second-order valence-electron chi connectivity index (χ2n) is 3.83. The summed E-state index contributed by atoms with van der Waals surface area (Å²) in [5.74, 6) is -0.165. The summed E-state index contributed by atoms with van der Waals surface area (Å²) in [6.45, 7) is 4.12. The zero-order valence-corrected chi connectivity index (χ0v) is 10.5. The molecule has 0 saturated carbocycles. The second kappa shape index (κ2) is 5.92. The van der Waals surface area contributed by atoms with Crippen molar-refractivity contribution in [2.24, 2.45) is 0 Å². The maximum absolute atomic E-state index is 11.8. The summed E-state index contributed by atoms with van der Waals surface area (Å²) < 4.78 is 5.30. The molecule has 2 heterocycles. The van der Waals surface area contributed by atoms with Crippen LogP contribution in [0.3, 0.4) is 0 Å². The zero-order valence-electron chi connectivity index (χ0n) is 9.73. The number of carbonyl (C=O) groups excluding carboxylic acids is 1. The van der Waals surface area contributed by atoms with Gasteiger partial charge in [-0.25, -0.2) is 0 Å². The number of nitrogens with zero attached hydrogens (tertiary/aromatic N) is 2. The predicted octanol–water partition coefficient (Wildman–Crippen LogP) is 0.879. The van der Waals surface area contributed by atoms with Gasteiger partial charge in [0.25, 0.3) is 5.91 Å². The number of aromatic nitrogens is 2. The Morgan fingerprint density at radius 1 is 1.59 bits per heavy atom. The molecular weight excluding hydrogens is 240 g/mol. The Labute approximate surface area is 104 Å². The van der Waals surface area contributed by atoms with Crippen molar-refractivity contribution in [3.05, 3.63) is 5.01 Å². The van der Waals surface area contributed by atoms with E-state index in [2.05, 4.69) is 20.8 Å². The van der Waals surface area contributed by atoms with Crippen LogP contribution in [0.1, 0.15) is 29.6 Å². The van der Waals surface area contributed by atoms with Gasteiger partial charge in [0.05, 0.1) is 12.6 Å². The van der Waals surface area contributed by atoms with Crippen molar-refractivity contribution in [2.45, 2.75) is 25.8 Å². The van der Waals surface area contributed by atoms with Crippen LogP contribution in [-0.2, 0) is 4.74 Å². The predicted molar refractivity (Wildman–Crippen MR) is 65.4 cm³/mol. The molecule has 94 valence electrons. The van der Waals surface area contributed by atoms with Crippen LogP contribution in [0.2, 0.25) is 0 Å². The van der Waals surface area contributed by atoms with E-state index in [1.807, 2.05) is 6.92 Å². The number of anilines is 1. The van der Waals surface area contributed by atoms with Gasteiger partial charge in [0.1, 0.15) is 0 Å². The standard InChI is InChI=1S/C10H16N4O2S/c1-2-11-10-14-13-9(17-10)8(15)12-7-4-3-5-16-6-7/h7H,2-6H2,1H3,(H,11,14)(H,12,15). The zero-order chi connectivity index (χ0) is 12.1. The molecule has 2 rings (SSSR count). The van der Waals surface area contributed by atoms with Crippen LogP contribution in [0.4, 0.5) is 5.13 Å². The molecule has 6 nitrogen and oxygen atoms in total. The maximum Gasteiger partial charge on any atom is 0.282 e. The lowest BCUT2D eigenvalue weighted by atomic mass is 10.1. The monoisotopic (exact) mass is 256 g/mol. The molecule has 1 aromatic heterocycles. The molecule has 7 heteroatoms. The Kier molecular flexibility index (Phi) is 4.27. The highest BCUT2D eigenvalue weighted by molar-refractivity contribution is 7.17. The van der Waals surface area contributed by atoms with E-state index in [0.717, 1.165) is 26.0 Å². The number of carbonyl (C=O) groups is 1. The van der Waals surface area contributed by atoms with Crippen molar-refractivity contribution in [1.29, 1.82) is 0 Å². The minimum Gasteiger partial charge on any atom is -0.379 e. The second-order valence-corrected chi connectivity index (χ2v) is 4.81. The average molecular weight is 256 g/mol. The van der Waals surface area contributed by atoms with Crippen LogP contribution >= 0.6 is 11.3 Å². The SMILES string of the molecule is CCNc1nnc(C(=O)NC2CCCOC2)s1. The summed E-state index contributed by atoms with van der Waals surface area (Å²) >= 11 is 1.27. The molecule has 1 aromatic rings. The van der Waals surface area contributed by atoms with Crippen molar-refractivity contribution < 1.29 is 9.53 Å². The van der Waals surface area contributed by atoms with Crippen LogP contribution in [0.15, 0.2) is 0 Å². The molecule has 1 amide bonds. The van der Waals surface area contributed by atoms with Gasteiger partial charge in [-0.2, -0.15) is 0 Å². The van der Waals surface area contributed by atoms with Gasteiger partial charge in [-0.3, -0.25) is 4.79 Å². The maximum atomic E-state index is 11.8. The molecule has 1 unspecified atom stereocenters. The van der Waals surface area contributed by atoms with Gasteiger partial charge in [0.2, 0.25) is 10.1 Å². The third-order valence-electron chi connectivity index (χ3n) is 2.44. The molecule has 0 spiro atoms. The Balaban J connectivity index is 1.89. The van der Waals surface area contributed by atoms with Crippen molar-refractivity contribution in [3.63, 3.8) is 0 Å². The summed E-state index contributed by atoms with van der Waals surface area (Å²) in [7, 11) is 0. The van der Waals surface area contributed by atoms with E-state index >= 15 is 0 Å². The van der Waals surface area contributed by atoms with Gasteiger partial charge in [-0.15, -0.1) is 10.2 Å². The molecule has 0 aromatic carbocycles. The van der Waals surface area contributed by atoms with E-state index in [4.69, 9.17) is 4.74 Å². The van der Waals surface area contributed by atoms with Crippen LogP contribution in [0.5, 0.6) is 0 Å². The quantitative estimate of drug-likeness (QED) is 0.836. The highest BCUT2D eigenvalue weighted by atomic mass is 32.1. The van der Waals surface area contributed by atoms with E-state index in [-0.39, 0.29) is 11.9 Å². The van der Waals surface area contributed by atoms with Gasteiger partial charge < -0.3 is 15.4 Å². The van der Waals surface area contributed by atoms with Crippen molar-refractivity contribution >= 4 is 22.4 Å². The Bertz CT molecular complexity index is 376. The molecule has 1 aliphatic rings. The topological polar surface area (TPSA) is 76.1 Å². The van der Waals surface area contributed by atoms with Gasteiger partial charge in [0, 0.05) is 13.2 Å².